The fraction of sp³-hybridized carbons (Fsp3) is 0.273. The first-order chi connectivity index (χ1) is 8.06. The predicted molar refractivity (Wildman–Crippen MR) is 73.9 cm³/mol. The van der Waals surface area contributed by atoms with Gasteiger partial charge in [-0.1, -0.05) is 12.1 Å². The lowest BCUT2D eigenvalue weighted by molar-refractivity contribution is 0.0936. The maximum Gasteiger partial charge on any atom is 0.252 e. The molecule has 6 heteroatoms. The van der Waals surface area contributed by atoms with Gasteiger partial charge in [0.25, 0.3) is 5.91 Å². The number of hydrogen-bond donors (Lipinski definition) is 4. The lowest BCUT2D eigenvalue weighted by atomic mass is 10.1. The second-order valence-electron chi connectivity index (χ2n) is 3.46. The van der Waals surface area contributed by atoms with Crippen LogP contribution in [0.1, 0.15) is 20.7 Å². The number of amides is 2. The maximum atomic E-state index is 11.8. The fourth-order valence-corrected chi connectivity index (χ4v) is 1.49. The standard InChI is InChI=1S/C11H14N2O2S2/c12-10(14)8-3-1-2-4-9(8)11(15)13-5-7(17)6-16/h1-4,7,16-17H,5-6H2,(H2,12,14)(H,13,15). The third kappa shape index (κ3) is 3.98. The van der Waals surface area contributed by atoms with Crippen molar-refractivity contribution in [1.82, 2.24) is 5.32 Å². The molecule has 4 nitrogen and oxygen atoms in total. The van der Waals surface area contributed by atoms with Crippen LogP contribution in [0.25, 0.3) is 0 Å². The van der Waals surface area contributed by atoms with Crippen molar-refractivity contribution in [2.45, 2.75) is 5.25 Å². The topological polar surface area (TPSA) is 72.2 Å². The number of carbonyl (C=O) groups is 2. The smallest absolute Gasteiger partial charge is 0.252 e. The Kier molecular flexibility index (Phi) is 5.37. The largest absolute Gasteiger partial charge is 0.366 e. The van der Waals surface area contributed by atoms with Crippen LogP contribution in [0.2, 0.25) is 0 Å². The van der Waals surface area contributed by atoms with Crippen LogP contribution in [0, 0.1) is 0 Å². The number of primary amides is 1. The van der Waals surface area contributed by atoms with Gasteiger partial charge in [0.1, 0.15) is 0 Å². The molecule has 0 bridgehead atoms. The number of carbonyl (C=O) groups excluding carboxylic acids is 2. The Bertz CT molecular complexity index is 424. The minimum atomic E-state index is -0.618. The molecule has 3 N–H and O–H groups in total. The van der Waals surface area contributed by atoms with E-state index < -0.39 is 5.91 Å². The Hall–Kier alpha value is -1.14. The van der Waals surface area contributed by atoms with Crippen LogP contribution in [-0.4, -0.2) is 29.4 Å². The van der Waals surface area contributed by atoms with E-state index in [0.717, 1.165) is 0 Å². The maximum absolute atomic E-state index is 11.8. The van der Waals surface area contributed by atoms with E-state index in [1.54, 1.807) is 18.2 Å². The van der Waals surface area contributed by atoms with Crippen molar-refractivity contribution in [3.8, 4) is 0 Å². The molecular formula is C11H14N2O2S2. The van der Waals surface area contributed by atoms with E-state index in [2.05, 4.69) is 30.6 Å². The van der Waals surface area contributed by atoms with Gasteiger partial charge in [0.05, 0.1) is 11.1 Å². The van der Waals surface area contributed by atoms with Gasteiger partial charge in [-0.25, -0.2) is 0 Å². The van der Waals surface area contributed by atoms with E-state index in [-0.39, 0.29) is 22.3 Å². The van der Waals surface area contributed by atoms with Gasteiger partial charge in [-0.05, 0) is 12.1 Å². The van der Waals surface area contributed by atoms with Crippen LogP contribution in [0.4, 0.5) is 0 Å². The molecule has 0 saturated carbocycles. The zero-order valence-corrected chi connectivity index (χ0v) is 10.9. The lowest BCUT2D eigenvalue weighted by Gasteiger charge is -2.10. The molecule has 0 saturated heterocycles. The number of rotatable bonds is 5. The first kappa shape index (κ1) is 13.9. The number of hydrogen-bond acceptors (Lipinski definition) is 4. The highest BCUT2D eigenvalue weighted by Crippen LogP contribution is 2.08. The average Bonchev–Trinajstić information content (AvgIpc) is 2.35. The molecule has 2 amide bonds. The first-order valence-corrected chi connectivity index (χ1v) is 6.17. The van der Waals surface area contributed by atoms with Crippen LogP contribution < -0.4 is 11.1 Å². The van der Waals surface area contributed by atoms with Crippen molar-refractivity contribution in [3.63, 3.8) is 0 Å². The van der Waals surface area contributed by atoms with Crippen LogP contribution in [-0.2, 0) is 0 Å². The first-order valence-electron chi connectivity index (χ1n) is 5.02. The molecule has 1 rings (SSSR count). The summed E-state index contributed by atoms with van der Waals surface area (Å²) in [6, 6.07) is 6.42. The van der Waals surface area contributed by atoms with E-state index in [4.69, 9.17) is 5.73 Å². The summed E-state index contributed by atoms with van der Waals surface area (Å²) in [5.41, 5.74) is 5.68. The number of benzene rings is 1. The highest BCUT2D eigenvalue weighted by molar-refractivity contribution is 7.84. The number of nitrogens with one attached hydrogen (secondary N) is 1. The molecule has 0 aliphatic rings. The molecule has 92 valence electrons. The van der Waals surface area contributed by atoms with Crippen molar-refractivity contribution < 1.29 is 9.59 Å². The van der Waals surface area contributed by atoms with Gasteiger partial charge in [-0.2, -0.15) is 25.3 Å². The van der Waals surface area contributed by atoms with E-state index in [0.29, 0.717) is 12.3 Å². The monoisotopic (exact) mass is 270 g/mol. The third-order valence-corrected chi connectivity index (χ3v) is 3.24. The molecular weight excluding hydrogens is 256 g/mol. The highest BCUT2D eigenvalue weighted by Gasteiger charge is 2.14. The average molecular weight is 270 g/mol. The van der Waals surface area contributed by atoms with Crippen molar-refractivity contribution in [2.24, 2.45) is 5.73 Å². The second kappa shape index (κ2) is 6.56. The summed E-state index contributed by atoms with van der Waals surface area (Å²) in [4.78, 5) is 22.9. The Labute approximate surface area is 111 Å². The number of nitrogens with two attached hydrogens (primary N) is 1. The molecule has 0 aromatic heterocycles. The van der Waals surface area contributed by atoms with Crippen molar-refractivity contribution >= 4 is 37.1 Å². The Morgan fingerprint density at radius 2 is 1.88 bits per heavy atom. The van der Waals surface area contributed by atoms with Crippen LogP contribution in [0.3, 0.4) is 0 Å². The van der Waals surface area contributed by atoms with Crippen LogP contribution >= 0.6 is 25.3 Å². The zero-order valence-electron chi connectivity index (χ0n) is 9.09. The Balaban J connectivity index is 2.78. The van der Waals surface area contributed by atoms with Gasteiger partial charge in [0.15, 0.2) is 0 Å². The molecule has 0 aliphatic carbocycles. The molecule has 1 aromatic rings. The SMILES string of the molecule is NC(=O)c1ccccc1C(=O)NCC(S)CS. The minimum Gasteiger partial charge on any atom is -0.366 e. The summed E-state index contributed by atoms with van der Waals surface area (Å²) in [6.45, 7) is 0.387. The van der Waals surface area contributed by atoms with E-state index in [1.165, 1.54) is 6.07 Å². The summed E-state index contributed by atoms with van der Waals surface area (Å²) >= 11 is 8.26. The third-order valence-electron chi connectivity index (χ3n) is 2.15. The summed E-state index contributed by atoms with van der Waals surface area (Å²) in [5.74, 6) is -0.395. The molecule has 0 fully saturated rings. The van der Waals surface area contributed by atoms with Crippen LogP contribution in [0.15, 0.2) is 24.3 Å². The van der Waals surface area contributed by atoms with Crippen molar-refractivity contribution in [3.05, 3.63) is 35.4 Å². The normalized spacial score (nSPS) is 11.9. The summed E-state index contributed by atoms with van der Waals surface area (Å²) in [7, 11) is 0. The highest BCUT2D eigenvalue weighted by atomic mass is 32.1. The van der Waals surface area contributed by atoms with E-state index >= 15 is 0 Å². The zero-order chi connectivity index (χ0) is 12.8. The summed E-state index contributed by atoms with van der Waals surface area (Å²) in [6.07, 6.45) is 0. The Morgan fingerprint density at radius 3 is 2.41 bits per heavy atom. The molecule has 1 aromatic carbocycles. The Morgan fingerprint density at radius 1 is 1.29 bits per heavy atom. The molecule has 1 atom stereocenters. The van der Waals surface area contributed by atoms with Gasteiger partial charge in [-0.15, -0.1) is 0 Å². The van der Waals surface area contributed by atoms with Gasteiger partial charge < -0.3 is 11.1 Å². The lowest BCUT2D eigenvalue weighted by Crippen LogP contribution is -2.32. The molecule has 0 spiro atoms. The molecule has 0 aliphatic heterocycles. The van der Waals surface area contributed by atoms with Crippen molar-refractivity contribution in [2.75, 3.05) is 12.3 Å². The fourth-order valence-electron chi connectivity index (χ4n) is 1.27. The van der Waals surface area contributed by atoms with Crippen molar-refractivity contribution in [1.29, 1.82) is 0 Å². The number of thiol groups is 2. The second-order valence-corrected chi connectivity index (χ2v) is 4.55. The van der Waals surface area contributed by atoms with Gasteiger partial charge in [0, 0.05) is 17.5 Å². The molecule has 0 heterocycles. The van der Waals surface area contributed by atoms with E-state index in [1.807, 2.05) is 0 Å². The molecule has 0 radical (unpaired) electrons. The molecule has 17 heavy (non-hydrogen) atoms. The van der Waals surface area contributed by atoms with Crippen LogP contribution in [0.5, 0.6) is 0 Å². The summed E-state index contributed by atoms with van der Waals surface area (Å²) in [5, 5.41) is 2.65. The molecule has 1 unspecified atom stereocenters. The van der Waals surface area contributed by atoms with E-state index in [9.17, 15) is 9.59 Å². The van der Waals surface area contributed by atoms with Gasteiger partial charge in [-0.3, -0.25) is 9.59 Å². The quantitative estimate of drug-likeness (QED) is 0.596. The van der Waals surface area contributed by atoms with Gasteiger partial charge in [0.2, 0.25) is 5.91 Å². The minimum absolute atomic E-state index is 0.0250. The predicted octanol–water partition coefficient (Wildman–Crippen LogP) is 0.744. The van der Waals surface area contributed by atoms with Gasteiger partial charge >= 0.3 is 0 Å². The summed E-state index contributed by atoms with van der Waals surface area (Å²) < 4.78 is 0.